The van der Waals surface area contributed by atoms with Crippen LogP contribution in [0.5, 0.6) is 0 Å². The Balaban J connectivity index is 2.02. The van der Waals surface area contributed by atoms with Crippen molar-refractivity contribution in [3.05, 3.63) is 43.7 Å². The molecule has 2 heterocycles. The fraction of sp³-hybridized carbons (Fsp3) is 0.429. The van der Waals surface area contributed by atoms with Crippen molar-refractivity contribution in [2.75, 3.05) is 13.6 Å². The minimum Gasteiger partial charge on any atom is -0.326 e. The van der Waals surface area contributed by atoms with Crippen molar-refractivity contribution >= 4 is 34.3 Å². The Morgan fingerprint density at radius 3 is 2.68 bits per heavy atom. The van der Waals surface area contributed by atoms with E-state index in [0.717, 1.165) is 17.3 Å². The predicted molar refractivity (Wildman–Crippen MR) is 86.4 cm³/mol. The second kappa shape index (κ2) is 6.86. The third-order valence-corrected chi connectivity index (χ3v) is 5.39. The number of nitrogens with zero attached hydrogens (tertiary/aromatic N) is 1. The standard InChI is InChI=1S/C14H19ClN2S2/c1-10(16)14(12-5-6-13(15)19-12)17(2)8-7-11-4-3-9-18-11/h3-6,9-10,14H,7-8,16H2,1-2H3. The van der Waals surface area contributed by atoms with Gasteiger partial charge in [0.1, 0.15) is 0 Å². The summed E-state index contributed by atoms with van der Waals surface area (Å²) in [7, 11) is 2.13. The van der Waals surface area contributed by atoms with Crippen molar-refractivity contribution in [1.82, 2.24) is 4.90 Å². The van der Waals surface area contributed by atoms with Crippen LogP contribution in [0.1, 0.15) is 22.7 Å². The lowest BCUT2D eigenvalue weighted by molar-refractivity contribution is 0.225. The molecule has 19 heavy (non-hydrogen) atoms. The average molecular weight is 315 g/mol. The average Bonchev–Trinajstić information content (AvgIpc) is 2.98. The first-order valence-corrected chi connectivity index (χ1v) is 8.39. The molecule has 2 nitrogen and oxygen atoms in total. The highest BCUT2D eigenvalue weighted by molar-refractivity contribution is 7.16. The van der Waals surface area contributed by atoms with Crippen molar-refractivity contribution in [2.24, 2.45) is 5.73 Å². The van der Waals surface area contributed by atoms with Crippen LogP contribution in [0, 0.1) is 0 Å². The highest BCUT2D eigenvalue weighted by Gasteiger charge is 2.22. The van der Waals surface area contributed by atoms with Crippen LogP contribution < -0.4 is 5.73 Å². The molecule has 2 atom stereocenters. The molecule has 2 unspecified atom stereocenters. The van der Waals surface area contributed by atoms with Gasteiger partial charge in [0.15, 0.2) is 0 Å². The van der Waals surface area contributed by atoms with Gasteiger partial charge in [-0.15, -0.1) is 22.7 Å². The monoisotopic (exact) mass is 314 g/mol. The van der Waals surface area contributed by atoms with Gasteiger partial charge < -0.3 is 5.73 Å². The van der Waals surface area contributed by atoms with Crippen molar-refractivity contribution < 1.29 is 0 Å². The van der Waals surface area contributed by atoms with Gasteiger partial charge in [0, 0.05) is 22.3 Å². The number of rotatable bonds is 6. The number of likely N-dealkylation sites (N-methyl/N-ethyl adjacent to an activating group) is 1. The van der Waals surface area contributed by atoms with Crippen LogP contribution in [0.25, 0.3) is 0 Å². The Bertz CT molecular complexity index is 493. The smallest absolute Gasteiger partial charge is 0.0931 e. The van der Waals surface area contributed by atoms with E-state index in [1.807, 2.05) is 17.4 Å². The summed E-state index contributed by atoms with van der Waals surface area (Å²) in [6.45, 7) is 3.06. The van der Waals surface area contributed by atoms with Gasteiger partial charge in [-0.3, -0.25) is 4.90 Å². The fourth-order valence-corrected chi connectivity index (χ4v) is 4.29. The van der Waals surface area contributed by atoms with Gasteiger partial charge >= 0.3 is 0 Å². The second-order valence-electron chi connectivity index (χ2n) is 4.76. The number of hydrogen-bond donors (Lipinski definition) is 1. The van der Waals surface area contributed by atoms with Gasteiger partial charge in [-0.2, -0.15) is 0 Å². The number of thiophene rings is 2. The van der Waals surface area contributed by atoms with E-state index in [0.29, 0.717) is 0 Å². The molecule has 0 aliphatic heterocycles. The molecule has 0 aliphatic carbocycles. The zero-order valence-corrected chi connectivity index (χ0v) is 13.6. The number of hydrogen-bond acceptors (Lipinski definition) is 4. The molecule has 104 valence electrons. The van der Waals surface area contributed by atoms with Gasteiger partial charge in [0.2, 0.25) is 0 Å². The molecule has 0 bridgehead atoms. The first kappa shape index (κ1) is 15.0. The van der Waals surface area contributed by atoms with Crippen LogP contribution in [0.15, 0.2) is 29.6 Å². The number of halogens is 1. The first-order chi connectivity index (χ1) is 9.08. The van der Waals surface area contributed by atoms with Crippen LogP contribution in [-0.2, 0) is 6.42 Å². The summed E-state index contributed by atoms with van der Waals surface area (Å²) in [5, 5.41) is 2.12. The maximum atomic E-state index is 6.15. The quantitative estimate of drug-likeness (QED) is 0.872. The Hall–Kier alpha value is -0.390. The highest BCUT2D eigenvalue weighted by atomic mass is 35.5. The highest BCUT2D eigenvalue weighted by Crippen LogP contribution is 2.31. The van der Waals surface area contributed by atoms with Crippen LogP contribution >= 0.6 is 34.3 Å². The van der Waals surface area contributed by atoms with E-state index in [1.54, 1.807) is 11.3 Å². The molecular formula is C14H19ClN2S2. The normalized spacial score (nSPS) is 14.8. The van der Waals surface area contributed by atoms with Crippen molar-refractivity contribution in [1.29, 1.82) is 0 Å². The third-order valence-electron chi connectivity index (χ3n) is 3.15. The van der Waals surface area contributed by atoms with Crippen LogP contribution in [0.3, 0.4) is 0 Å². The van der Waals surface area contributed by atoms with E-state index in [4.69, 9.17) is 17.3 Å². The Morgan fingerprint density at radius 1 is 1.37 bits per heavy atom. The van der Waals surface area contributed by atoms with E-state index < -0.39 is 0 Å². The lowest BCUT2D eigenvalue weighted by atomic mass is 10.1. The summed E-state index contributed by atoms with van der Waals surface area (Å²) in [5.74, 6) is 0. The summed E-state index contributed by atoms with van der Waals surface area (Å²) in [5.41, 5.74) is 6.15. The molecule has 2 rings (SSSR count). The van der Waals surface area contributed by atoms with Crippen molar-refractivity contribution in [3.63, 3.8) is 0 Å². The van der Waals surface area contributed by atoms with E-state index in [9.17, 15) is 0 Å². The van der Waals surface area contributed by atoms with E-state index in [2.05, 4.69) is 42.5 Å². The third kappa shape index (κ3) is 4.04. The molecule has 2 aromatic heterocycles. The molecular weight excluding hydrogens is 296 g/mol. The maximum absolute atomic E-state index is 6.15. The molecule has 0 saturated carbocycles. The first-order valence-electron chi connectivity index (χ1n) is 6.31. The van der Waals surface area contributed by atoms with Crippen molar-refractivity contribution in [2.45, 2.75) is 25.4 Å². The molecule has 2 aromatic rings. The summed E-state index contributed by atoms with van der Waals surface area (Å²) < 4.78 is 0.826. The predicted octanol–water partition coefficient (Wildman–Crippen LogP) is 4.03. The zero-order chi connectivity index (χ0) is 13.8. The minimum atomic E-state index is 0.0862. The van der Waals surface area contributed by atoms with Crippen molar-refractivity contribution in [3.8, 4) is 0 Å². The minimum absolute atomic E-state index is 0.0862. The van der Waals surface area contributed by atoms with Crippen LogP contribution in [0.2, 0.25) is 4.34 Å². The van der Waals surface area contributed by atoms with Gasteiger partial charge in [-0.05, 0) is 44.0 Å². The Kier molecular flexibility index (Phi) is 5.42. The van der Waals surface area contributed by atoms with Crippen LogP contribution in [-0.4, -0.2) is 24.5 Å². The summed E-state index contributed by atoms with van der Waals surface area (Å²) in [6.07, 6.45) is 1.07. The van der Waals surface area contributed by atoms with E-state index in [1.165, 1.54) is 9.75 Å². The molecule has 0 aliphatic rings. The number of nitrogens with two attached hydrogens (primary N) is 1. The fourth-order valence-electron chi connectivity index (χ4n) is 2.25. The summed E-state index contributed by atoms with van der Waals surface area (Å²) >= 11 is 9.46. The molecule has 0 amide bonds. The zero-order valence-electron chi connectivity index (χ0n) is 11.2. The molecule has 0 fully saturated rings. The molecule has 2 N–H and O–H groups in total. The Morgan fingerprint density at radius 2 is 2.16 bits per heavy atom. The molecule has 0 spiro atoms. The van der Waals surface area contributed by atoms with Gasteiger partial charge in [0.25, 0.3) is 0 Å². The van der Waals surface area contributed by atoms with Crippen LogP contribution in [0.4, 0.5) is 0 Å². The lowest BCUT2D eigenvalue weighted by Crippen LogP contribution is -2.37. The lowest BCUT2D eigenvalue weighted by Gasteiger charge is -2.30. The van der Waals surface area contributed by atoms with E-state index >= 15 is 0 Å². The van der Waals surface area contributed by atoms with Gasteiger partial charge in [0.05, 0.1) is 10.4 Å². The molecule has 5 heteroatoms. The van der Waals surface area contributed by atoms with E-state index in [-0.39, 0.29) is 12.1 Å². The topological polar surface area (TPSA) is 29.3 Å². The summed E-state index contributed by atoms with van der Waals surface area (Å²) in [6, 6.07) is 8.64. The van der Waals surface area contributed by atoms with Gasteiger partial charge in [-0.1, -0.05) is 17.7 Å². The Labute approximate surface area is 127 Å². The maximum Gasteiger partial charge on any atom is 0.0931 e. The largest absolute Gasteiger partial charge is 0.326 e. The molecule has 0 saturated heterocycles. The summed E-state index contributed by atoms with van der Waals surface area (Å²) in [4.78, 5) is 4.99. The second-order valence-corrected chi connectivity index (χ2v) is 7.53. The SMILES string of the molecule is CC(N)C(c1ccc(Cl)s1)N(C)CCc1cccs1. The molecule has 0 radical (unpaired) electrons. The van der Waals surface area contributed by atoms with Gasteiger partial charge in [-0.25, -0.2) is 0 Å². The molecule has 0 aromatic carbocycles.